The third kappa shape index (κ3) is 5.42. The average Bonchev–Trinajstić information content (AvgIpc) is 3.75. The van der Waals surface area contributed by atoms with Crippen LogP contribution in [0.4, 0.5) is 0 Å². The van der Waals surface area contributed by atoms with E-state index in [1.807, 2.05) is 19.1 Å². The second-order valence-corrected chi connectivity index (χ2v) is 10.1. The van der Waals surface area contributed by atoms with Crippen molar-refractivity contribution in [3.05, 3.63) is 65.3 Å². The monoisotopic (exact) mass is 546 g/mol. The van der Waals surface area contributed by atoms with E-state index in [1.54, 1.807) is 37.3 Å². The minimum atomic E-state index is -1.01. The number of furan rings is 2. The molecule has 0 spiro atoms. The lowest BCUT2D eigenvalue weighted by molar-refractivity contribution is -0.143. The number of hydrogen-bond donors (Lipinski definition) is 1. The van der Waals surface area contributed by atoms with Crippen molar-refractivity contribution in [2.24, 2.45) is 0 Å². The van der Waals surface area contributed by atoms with Crippen LogP contribution < -0.4 is 14.8 Å². The van der Waals surface area contributed by atoms with Crippen LogP contribution >= 0.6 is 0 Å². The van der Waals surface area contributed by atoms with E-state index >= 15 is 0 Å². The Bertz CT molecular complexity index is 1520. The van der Waals surface area contributed by atoms with Crippen LogP contribution in [0.15, 0.2) is 51.3 Å². The predicted octanol–water partition coefficient (Wildman–Crippen LogP) is 3.70. The summed E-state index contributed by atoms with van der Waals surface area (Å²) in [6, 6.07) is 11.6. The molecule has 12 heteroatoms. The van der Waals surface area contributed by atoms with Gasteiger partial charge in [0.05, 0.1) is 0 Å². The predicted molar refractivity (Wildman–Crippen MR) is 140 cm³/mol. The highest BCUT2D eigenvalue weighted by atomic mass is 16.7. The Morgan fingerprint density at radius 1 is 1.02 bits per heavy atom. The summed E-state index contributed by atoms with van der Waals surface area (Å²) in [5, 5.41) is 15.6. The van der Waals surface area contributed by atoms with E-state index in [9.17, 15) is 9.59 Å². The Morgan fingerprint density at radius 3 is 2.55 bits per heavy atom. The van der Waals surface area contributed by atoms with Gasteiger partial charge in [0.25, 0.3) is 5.91 Å². The minimum Gasteiger partial charge on any atom is -0.464 e. The molecule has 1 aliphatic heterocycles. The molecule has 4 heterocycles. The molecule has 0 bridgehead atoms. The van der Waals surface area contributed by atoms with Gasteiger partial charge in [-0.15, -0.1) is 10.2 Å². The van der Waals surface area contributed by atoms with Crippen LogP contribution in [0.5, 0.6) is 11.5 Å². The molecule has 12 nitrogen and oxygen atoms in total. The summed E-state index contributed by atoms with van der Waals surface area (Å²) in [5.74, 6) is 2.97. The van der Waals surface area contributed by atoms with Crippen molar-refractivity contribution in [3.8, 4) is 23.1 Å². The number of fused-ring (bicyclic) bond motifs is 1. The number of carbonyl (C=O) groups excluding carboxylic acids is 2. The third-order valence-corrected chi connectivity index (χ3v) is 7.09. The summed E-state index contributed by atoms with van der Waals surface area (Å²) in [7, 11) is 0. The van der Waals surface area contributed by atoms with Gasteiger partial charge in [-0.3, -0.25) is 9.59 Å². The molecule has 1 aromatic carbocycles. The summed E-state index contributed by atoms with van der Waals surface area (Å²) in [5.41, 5.74) is 0.762. The SMILES string of the molecule is Cc1ccc(-c2nnn(CC(=O)N(Cc3ccc4c(c3)OCO4)C(C(=O)NC3CCCC3)c3ccc(C)o3)n2)o1. The van der Waals surface area contributed by atoms with Crippen LogP contribution in [0.3, 0.4) is 0 Å². The molecule has 0 saturated heterocycles. The molecule has 1 unspecified atom stereocenters. The summed E-state index contributed by atoms with van der Waals surface area (Å²) in [6.45, 7) is 3.62. The highest BCUT2D eigenvalue weighted by Crippen LogP contribution is 2.34. The van der Waals surface area contributed by atoms with Gasteiger partial charge in [0, 0.05) is 12.6 Å². The molecule has 3 aromatic heterocycles. The topological polar surface area (TPSA) is 138 Å². The number of carbonyl (C=O) groups is 2. The molecule has 1 aliphatic carbocycles. The van der Waals surface area contributed by atoms with Crippen LogP contribution in [0, 0.1) is 13.8 Å². The van der Waals surface area contributed by atoms with Gasteiger partial charge in [0.2, 0.25) is 18.5 Å². The van der Waals surface area contributed by atoms with Crippen LogP contribution in [0.25, 0.3) is 11.6 Å². The lowest BCUT2D eigenvalue weighted by Crippen LogP contribution is -2.46. The normalized spacial score (nSPS) is 15.3. The third-order valence-electron chi connectivity index (χ3n) is 7.09. The van der Waals surface area contributed by atoms with E-state index < -0.39 is 11.9 Å². The van der Waals surface area contributed by atoms with Gasteiger partial charge in [-0.2, -0.15) is 4.80 Å². The van der Waals surface area contributed by atoms with Crippen molar-refractivity contribution in [2.45, 2.75) is 64.7 Å². The zero-order chi connectivity index (χ0) is 27.6. The first-order valence-corrected chi connectivity index (χ1v) is 13.3. The van der Waals surface area contributed by atoms with E-state index in [0.29, 0.717) is 34.5 Å². The number of nitrogens with one attached hydrogen (secondary N) is 1. The van der Waals surface area contributed by atoms with Crippen LogP contribution in [0.2, 0.25) is 0 Å². The van der Waals surface area contributed by atoms with Crippen molar-refractivity contribution in [3.63, 3.8) is 0 Å². The van der Waals surface area contributed by atoms with Crippen molar-refractivity contribution in [1.82, 2.24) is 30.4 Å². The first-order valence-electron chi connectivity index (χ1n) is 13.3. The first-order chi connectivity index (χ1) is 19.4. The lowest BCUT2D eigenvalue weighted by atomic mass is 10.1. The molecule has 1 saturated carbocycles. The number of ether oxygens (including phenoxy) is 2. The summed E-state index contributed by atoms with van der Waals surface area (Å²) in [4.78, 5) is 30.4. The van der Waals surface area contributed by atoms with Crippen molar-refractivity contribution in [1.29, 1.82) is 0 Å². The van der Waals surface area contributed by atoms with E-state index in [4.69, 9.17) is 18.3 Å². The number of aryl methyl sites for hydroxylation is 2. The Morgan fingerprint density at radius 2 is 1.80 bits per heavy atom. The van der Waals surface area contributed by atoms with Crippen molar-refractivity contribution >= 4 is 11.8 Å². The number of amides is 2. The zero-order valence-corrected chi connectivity index (χ0v) is 22.3. The fraction of sp³-hybridized carbons (Fsp3) is 0.393. The molecule has 1 fully saturated rings. The molecule has 2 aliphatic rings. The van der Waals surface area contributed by atoms with Crippen molar-refractivity contribution < 1.29 is 27.9 Å². The molecular formula is C28H30N6O6. The number of benzene rings is 1. The van der Waals surface area contributed by atoms with Crippen molar-refractivity contribution in [2.75, 3.05) is 6.79 Å². The fourth-order valence-electron chi connectivity index (χ4n) is 5.11. The highest BCUT2D eigenvalue weighted by Gasteiger charge is 2.36. The Labute approximate surface area is 230 Å². The van der Waals surface area contributed by atoms with Gasteiger partial charge in [0.15, 0.2) is 23.3 Å². The maximum absolute atomic E-state index is 14.0. The summed E-state index contributed by atoms with van der Waals surface area (Å²) in [6.07, 6.45) is 3.93. The number of nitrogens with zero attached hydrogens (tertiary/aromatic N) is 5. The van der Waals surface area contributed by atoms with Crippen LogP contribution in [-0.2, 0) is 22.7 Å². The van der Waals surface area contributed by atoms with Gasteiger partial charge < -0.3 is 28.5 Å². The maximum Gasteiger partial charge on any atom is 0.250 e. The standard InChI is InChI=1S/C28H30N6O6/c1-17-7-10-22(39-17)26(28(36)29-20-5-3-4-6-20)33(14-19-9-12-21-24(13-19)38-16-37-21)25(35)15-34-31-27(30-32-34)23-11-8-18(2)40-23/h7-13,20,26H,3-6,14-16H2,1-2H3,(H,29,36). The Balaban J connectivity index is 1.32. The van der Waals surface area contributed by atoms with E-state index in [2.05, 4.69) is 20.7 Å². The minimum absolute atomic E-state index is 0.0600. The molecule has 40 heavy (non-hydrogen) atoms. The zero-order valence-electron chi connectivity index (χ0n) is 22.3. The largest absolute Gasteiger partial charge is 0.464 e. The Kier molecular flexibility index (Phi) is 6.97. The molecule has 1 atom stereocenters. The molecule has 4 aromatic rings. The van der Waals surface area contributed by atoms with Gasteiger partial charge in [-0.25, -0.2) is 0 Å². The average molecular weight is 547 g/mol. The van der Waals surface area contributed by atoms with Gasteiger partial charge in [-0.1, -0.05) is 18.9 Å². The molecule has 0 radical (unpaired) electrons. The van der Waals surface area contributed by atoms with Gasteiger partial charge in [-0.05, 0) is 73.9 Å². The quantitative estimate of drug-likeness (QED) is 0.333. The summed E-state index contributed by atoms with van der Waals surface area (Å²) < 4.78 is 22.5. The van der Waals surface area contributed by atoms with E-state index in [1.165, 1.54) is 9.70 Å². The van der Waals surface area contributed by atoms with Crippen LogP contribution in [-0.4, -0.2) is 49.8 Å². The van der Waals surface area contributed by atoms with E-state index in [-0.39, 0.29) is 37.7 Å². The molecule has 208 valence electrons. The van der Waals surface area contributed by atoms with E-state index in [0.717, 1.165) is 31.2 Å². The number of rotatable bonds is 9. The number of hydrogen-bond acceptors (Lipinski definition) is 9. The lowest BCUT2D eigenvalue weighted by Gasteiger charge is -2.30. The molecule has 6 rings (SSSR count). The maximum atomic E-state index is 14.0. The smallest absolute Gasteiger partial charge is 0.250 e. The molecule has 2 amide bonds. The van der Waals surface area contributed by atoms with Gasteiger partial charge >= 0.3 is 0 Å². The van der Waals surface area contributed by atoms with Crippen LogP contribution in [0.1, 0.15) is 54.6 Å². The second-order valence-electron chi connectivity index (χ2n) is 10.1. The molecule has 1 N–H and O–H groups in total. The summed E-state index contributed by atoms with van der Waals surface area (Å²) >= 11 is 0. The first kappa shape index (κ1) is 25.7. The highest BCUT2D eigenvalue weighted by molar-refractivity contribution is 5.88. The Hall–Kier alpha value is -4.61. The number of tetrazole rings is 1. The van der Waals surface area contributed by atoms with Gasteiger partial charge in [0.1, 0.15) is 23.8 Å². The molecular weight excluding hydrogens is 516 g/mol. The fourth-order valence-corrected chi connectivity index (χ4v) is 5.11. The second kappa shape index (κ2) is 10.9. The number of aromatic nitrogens is 4.